The molecule has 0 saturated carbocycles. The number of carbonyl (C=O) groups excluding carboxylic acids is 2. The first-order valence-corrected chi connectivity index (χ1v) is 8.51. The van der Waals surface area contributed by atoms with Gasteiger partial charge in [-0.2, -0.15) is 0 Å². The lowest BCUT2D eigenvalue weighted by atomic mass is 10.0. The smallest absolute Gasteiger partial charge is 0.270 e. The topological polar surface area (TPSA) is 58.6 Å². The Bertz CT molecular complexity index is 956. The number of aryl methyl sites for hydroxylation is 1. The van der Waals surface area contributed by atoms with Crippen molar-refractivity contribution in [2.75, 3.05) is 12.0 Å². The van der Waals surface area contributed by atoms with E-state index in [1.54, 1.807) is 43.5 Å². The molecule has 26 heavy (non-hydrogen) atoms. The van der Waals surface area contributed by atoms with Crippen LogP contribution in [-0.2, 0) is 9.59 Å². The van der Waals surface area contributed by atoms with Crippen molar-refractivity contribution < 1.29 is 14.3 Å². The summed E-state index contributed by atoms with van der Waals surface area (Å²) in [4.78, 5) is 26.5. The molecule has 2 aromatic carbocycles. The second-order valence-electron chi connectivity index (χ2n) is 5.64. The molecule has 1 fully saturated rings. The van der Waals surface area contributed by atoms with Crippen LogP contribution in [0.5, 0.6) is 5.75 Å². The highest BCUT2D eigenvalue weighted by Crippen LogP contribution is 2.29. The highest BCUT2D eigenvalue weighted by atomic mass is 35.5. The van der Waals surface area contributed by atoms with E-state index in [2.05, 4.69) is 5.32 Å². The number of amides is 2. The fraction of sp³-hybridized carbons (Fsp3) is 0.105. The van der Waals surface area contributed by atoms with Gasteiger partial charge in [-0.25, -0.2) is 0 Å². The molecule has 2 amide bonds. The molecule has 0 unspecified atom stereocenters. The lowest BCUT2D eigenvalue weighted by molar-refractivity contribution is -0.122. The summed E-state index contributed by atoms with van der Waals surface area (Å²) in [5.41, 5.74) is 1.99. The van der Waals surface area contributed by atoms with Crippen molar-refractivity contribution in [1.82, 2.24) is 5.32 Å². The van der Waals surface area contributed by atoms with E-state index in [1.165, 1.54) is 11.0 Å². The van der Waals surface area contributed by atoms with E-state index in [0.717, 1.165) is 11.3 Å². The molecule has 1 aliphatic rings. The number of ether oxygens (including phenoxy) is 1. The van der Waals surface area contributed by atoms with Crippen LogP contribution in [0, 0.1) is 6.92 Å². The van der Waals surface area contributed by atoms with Crippen molar-refractivity contribution in [2.24, 2.45) is 0 Å². The van der Waals surface area contributed by atoms with E-state index in [1.807, 2.05) is 13.0 Å². The van der Waals surface area contributed by atoms with Crippen molar-refractivity contribution >= 4 is 52.5 Å². The molecule has 7 heteroatoms. The lowest BCUT2D eigenvalue weighted by Gasteiger charge is -2.29. The second kappa shape index (κ2) is 7.27. The van der Waals surface area contributed by atoms with Crippen molar-refractivity contribution in [2.45, 2.75) is 6.92 Å². The molecule has 1 heterocycles. The fourth-order valence-electron chi connectivity index (χ4n) is 2.67. The number of thiocarbonyl (C=S) groups is 1. The highest BCUT2D eigenvalue weighted by molar-refractivity contribution is 7.80. The third-order valence-corrected chi connectivity index (χ3v) is 4.53. The molecule has 1 saturated heterocycles. The first kappa shape index (κ1) is 18.1. The quantitative estimate of drug-likeness (QED) is 0.498. The maximum absolute atomic E-state index is 12.9. The van der Waals surface area contributed by atoms with Crippen molar-refractivity contribution in [1.29, 1.82) is 0 Å². The third-order valence-electron chi connectivity index (χ3n) is 3.92. The molecular weight excluding hydrogens is 372 g/mol. The molecule has 2 aromatic rings. The number of anilines is 1. The van der Waals surface area contributed by atoms with Gasteiger partial charge in [-0.15, -0.1) is 0 Å². The number of nitrogens with zero attached hydrogens (tertiary/aromatic N) is 1. The van der Waals surface area contributed by atoms with Crippen LogP contribution in [-0.4, -0.2) is 24.0 Å². The zero-order chi connectivity index (χ0) is 18.8. The first-order valence-electron chi connectivity index (χ1n) is 7.73. The molecular formula is C19H15ClN2O3S. The van der Waals surface area contributed by atoms with Gasteiger partial charge in [0.1, 0.15) is 11.3 Å². The van der Waals surface area contributed by atoms with Crippen LogP contribution in [0.3, 0.4) is 0 Å². The number of para-hydroxylation sites is 1. The van der Waals surface area contributed by atoms with E-state index in [0.29, 0.717) is 16.3 Å². The second-order valence-corrected chi connectivity index (χ2v) is 6.43. The summed E-state index contributed by atoms with van der Waals surface area (Å²) in [5, 5.41) is 2.90. The molecule has 1 N–H and O–H groups in total. The molecule has 5 nitrogen and oxygen atoms in total. The van der Waals surface area contributed by atoms with Crippen LogP contribution in [0.2, 0.25) is 5.02 Å². The van der Waals surface area contributed by atoms with Gasteiger partial charge in [-0.1, -0.05) is 29.8 Å². The van der Waals surface area contributed by atoms with E-state index >= 15 is 0 Å². The van der Waals surface area contributed by atoms with Gasteiger partial charge in [-0.3, -0.25) is 19.8 Å². The van der Waals surface area contributed by atoms with Crippen LogP contribution >= 0.6 is 23.8 Å². The largest absolute Gasteiger partial charge is 0.496 e. The van der Waals surface area contributed by atoms with Crippen molar-refractivity contribution in [3.05, 3.63) is 64.2 Å². The number of hydrogen-bond donors (Lipinski definition) is 1. The number of halogens is 1. The minimum absolute atomic E-state index is 0.00355. The number of hydrogen-bond acceptors (Lipinski definition) is 4. The van der Waals surface area contributed by atoms with Crippen molar-refractivity contribution in [3.63, 3.8) is 0 Å². The van der Waals surface area contributed by atoms with Crippen LogP contribution in [0.25, 0.3) is 6.08 Å². The van der Waals surface area contributed by atoms with E-state index in [-0.39, 0.29) is 10.7 Å². The Morgan fingerprint density at radius 3 is 2.58 bits per heavy atom. The fourth-order valence-corrected chi connectivity index (χ4v) is 3.16. The summed E-state index contributed by atoms with van der Waals surface area (Å²) >= 11 is 11.4. The zero-order valence-corrected chi connectivity index (χ0v) is 15.6. The summed E-state index contributed by atoms with van der Waals surface area (Å²) in [7, 11) is 1.58. The molecule has 132 valence electrons. The molecule has 0 spiro atoms. The minimum atomic E-state index is -0.545. The number of benzene rings is 2. The SMILES string of the molecule is COc1ccc(/C=C2\C(=O)NC(=S)N(c3ccccc3Cl)C2=O)cc1C. The molecule has 3 rings (SSSR count). The first-order chi connectivity index (χ1) is 12.4. The molecule has 0 bridgehead atoms. The summed E-state index contributed by atoms with van der Waals surface area (Å²) < 4.78 is 5.23. The van der Waals surface area contributed by atoms with Gasteiger partial charge in [0.25, 0.3) is 11.8 Å². The Morgan fingerprint density at radius 2 is 1.92 bits per heavy atom. The Labute approximate surface area is 161 Å². The number of methoxy groups -OCH3 is 1. The Balaban J connectivity index is 2.03. The summed E-state index contributed by atoms with van der Waals surface area (Å²) in [6, 6.07) is 12.2. The van der Waals surface area contributed by atoms with Crippen LogP contribution < -0.4 is 15.0 Å². The number of rotatable bonds is 3. The number of carbonyl (C=O) groups is 2. The zero-order valence-electron chi connectivity index (χ0n) is 14.1. The van der Waals surface area contributed by atoms with E-state index < -0.39 is 11.8 Å². The van der Waals surface area contributed by atoms with Gasteiger partial charge >= 0.3 is 0 Å². The van der Waals surface area contributed by atoms with Crippen LogP contribution in [0.1, 0.15) is 11.1 Å². The highest BCUT2D eigenvalue weighted by Gasteiger charge is 2.35. The minimum Gasteiger partial charge on any atom is -0.496 e. The monoisotopic (exact) mass is 386 g/mol. The normalized spacial score (nSPS) is 16.0. The van der Waals surface area contributed by atoms with Gasteiger partial charge in [-0.05, 0) is 60.6 Å². The maximum Gasteiger partial charge on any atom is 0.270 e. The van der Waals surface area contributed by atoms with Gasteiger partial charge in [0, 0.05) is 0 Å². The van der Waals surface area contributed by atoms with Crippen LogP contribution in [0.15, 0.2) is 48.0 Å². The predicted octanol–water partition coefficient (Wildman–Crippen LogP) is 3.49. The maximum atomic E-state index is 12.9. The predicted molar refractivity (Wildman–Crippen MR) is 105 cm³/mol. The molecule has 0 aliphatic carbocycles. The van der Waals surface area contributed by atoms with E-state index in [4.69, 9.17) is 28.6 Å². The molecule has 0 atom stereocenters. The molecule has 1 aliphatic heterocycles. The lowest BCUT2D eigenvalue weighted by Crippen LogP contribution is -2.54. The van der Waals surface area contributed by atoms with E-state index in [9.17, 15) is 9.59 Å². The standard InChI is InChI=1S/C19H15ClN2O3S/c1-11-9-12(7-8-16(11)25-2)10-13-17(23)21-19(26)22(18(13)24)15-6-4-3-5-14(15)20/h3-10H,1-2H3,(H,21,23,26)/b13-10+. The Kier molecular flexibility index (Phi) is 5.06. The Hall–Kier alpha value is -2.70. The molecule has 0 aromatic heterocycles. The van der Waals surface area contributed by atoms with Gasteiger partial charge in [0.2, 0.25) is 0 Å². The summed E-state index contributed by atoms with van der Waals surface area (Å²) in [6.45, 7) is 1.88. The van der Waals surface area contributed by atoms with Crippen molar-refractivity contribution in [3.8, 4) is 5.75 Å². The average molecular weight is 387 g/mol. The summed E-state index contributed by atoms with van der Waals surface area (Å²) in [5.74, 6) is -0.345. The van der Waals surface area contributed by atoms with Crippen LogP contribution in [0.4, 0.5) is 5.69 Å². The van der Waals surface area contributed by atoms with Gasteiger partial charge in [0.15, 0.2) is 5.11 Å². The average Bonchev–Trinajstić information content (AvgIpc) is 2.60. The summed E-state index contributed by atoms with van der Waals surface area (Å²) in [6.07, 6.45) is 1.52. The van der Waals surface area contributed by atoms with Gasteiger partial charge < -0.3 is 4.74 Å². The van der Waals surface area contributed by atoms with Gasteiger partial charge in [0.05, 0.1) is 17.8 Å². The third kappa shape index (κ3) is 3.34. The molecule has 0 radical (unpaired) electrons. The number of nitrogens with one attached hydrogen (secondary N) is 1. The Morgan fingerprint density at radius 1 is 1.19 bits per heavy atom.